The Labute approximate surface area is 102 Å². The largest absolute Gasteiger partial charge is 0.214 e. The first-order valence-corrected chi connectivity index (χ1v) is 7.43. The standard InChI is InChI=1S/C10H18N4O2S/c1-9(2)8-17(15,16)13-6-3-10(7-13)14-11-4-5-12-14/h4-5,9-10H,3,6-8H2,1-2H3. The molecular formula is C10H18N4O2S. The van der Waals surface area contributed by atoms with E-state index in [4.69, 9.17) is 0 Å². The van der Waals surface area contributed by atoms with Crippen molar-refractivity contribution in [2.45, 2.75) is 26.3 Å². The third-order valence-electron chi connectivity index (χ3n) is 2.83. The smallest absolute Gasteiger partial charge is 0.212 e. The maximum absolute atomic E-state index is 12.0. The van der Waals surface area contributed by atoms with Gasteiger partial charge in [0.2, 0.25) is 10.0 Å². The number of hydrogen-bond acceptors (Lipinski definition) is 4. The van der Waals surface area contributed by atoms with E-state index < -0.39 is 10.0 Å². The summed E-state index contributed by atoms with van der Waals surface area (Å²) < 4.78 is 25.6. The summed E-state index contributed by atoms with van der Waals surface area (Å²) in [4.78, 5) is 1.60. The van der Waals surface area contributed by atoms with Crippen LogP contribution in [0.3, 0.4) is 0 Å². The van der Waals surface area contributed by atoms with Gasteiger partial charge in [0.1, 0.15) is 0 Å². The fraction of sp³-hybridized carbons (Fsp3) is 0.800. The molecule has 96 valence electrons. The summed E-state index contributed by atoms with van der Waals surface area (Å²) in [5.74, 6) is 0.369. The molecule has 0 aliphatic carbocycles. The van der Waals surface area contributed by atoms with E-state index in [9.17, 15) is 8.42 Å². The summed E-state index contributed by atoms with van der Waals surface area (Å²) in [5.41, 5.74) is 0. The minimum Gasteiger partial charge on any atom is -0.212 e. The molecular weight excluding hydrogens is 240 g/mol. The number of hydrogen-bond donors (Lipinski definition) is 0. The maximum Gasteiger partial charge on any atom is 0.214 e. The zero-order valence-corrected chi connectivity index (χ0v) is 11.0. The van der Waals surface area contributed by atoms with Gasteiger partial charge in [-0.3, -0.25) is 0 Å². The van der Waals surface area contributed by atoms with Crippen molar-refractivity contribution in [1.29, 1.82) is 0 Å². The van der Waals surface area contributed by atoms with Gasteiger partial charge < -0.3 is 0 Å². The Morgan fingerprint density at radius 1 is 1.35 bits per heavy atom. The van der Waals surface area contributed by atoms with E-state index >= 15 is 0 Å². The van der Waals surface area contributed by atoms with Crippen LogP contribution in [0.4, 0.5) is 0 Å². The van der Waals surface area contributed by atoms with Crippen molar-refractivity contribution in [3.63, 3.8) is 0 Å². The van der Waals surface area contributed by atoms with E-state index in [1.165, 1.54) is 0 Å². The van der Waals surface area contributed by atoms with Crippen molar-refractivity contribution >= 4 is 10.0 Å². The molecule has 1 atom stereocenters. The molecule has 1 saturated heterocycles. The van der Waals surface area contributed by atoms with Crippen LogP contribution in [0, 0.1) is 5.92 Å². The number of aromatic nitrogens is 3. The summed E-state index contributed by atoms with van der Waals surface area (Å²) in [6, 6.07) is 0.0759. The van der Waals surface area contributed by atoms with Gasteiger partial charge in [0.05, 0.1) is 24.2 Å². The Bertz CT molecular complexity index is 455. The van der Waals surface area contributed by atoms with Gasteiger partial charge in [-0.15, -0.1) is 0 Å². The first kappa shape index (κ1) is 12.5. The Morgan fingerprint density at radius 3 is 2.59 bits per heavy atom. The van der Waals surface area contributed by atoms with Gasteiger partial charge in [-0.25, -0.2) is 8.42 Å². The SMILES string of the molecule is CC(C)CS(=O)(=O)N1CCC(n2nccn2)C1. The molecule has 0 saturated carbocycles. The van der Waals surface area contributed by atoms with E-state index in [1.54, 1.807) is 21.5 Å². The predicted octanol–water partition coefficient (Wildman–Crippen LogP) is 0.511. The quantitative estimate of drug-likeness (QED) is 0.789. The maximum atomic E-state index is 12.0. The minimum atomic E-state index is -3.12. The molecule has 1 aromatic rings. The first-order chi connectivity index (χ1) is 7.99. The van der Waals surface area contributed by atoms with Crippen molar-refractivity contribution in [2.24, 2.45) is 5.92 Å². The van der Waals surface area contributed by atoms with E-state index in [0.29, 0.717) is 13.1 Å². The Hall–Kier alpha value is -0.950. The van der Waals surface area contributed by atoms with Gasteiger partial charge in [0, 0.05) is 13.1 Å². The second-order valence-corrected chi connectivity index (χ2v) is 6.84. The molecule has 1 fully saturated rings. The molecule has 0 bridgehead atoms. The molecule has 1 unspecified atom stereocenters. The number of sulfonamides is 1. The van der Waals surface area contributed by atoms with E-state index in [-0.39, 0.29) is 17.7 Å². The number of rotatable bonds is 4. The molecule has 0 N–H and O–H groups in total. The lowest BCUT2D eigenvalue weighted by Crippen LogP contribution is -2.33. The van der Waals surface area contributed by atoms with Crippen LogP contribution in [0.1, 0.15) is 26.3 Å². The van der Waals surface area contributed by atoms with E-state index in [1.807, 2.05) is 13.8 Å². The summed E-state index contributed by atoms with van der Waals surface area (Å²) in [5, 5.41) is 8.12. The van der Waals surface area contributed by atoms with Crippen LogP contribution in [0.5, 0.6) is 0 Å². The molecule has 0 radical (unpaired) electrons. The van der Waals surface area contributed by atoms with Crippen LogP contribution in [-0.2, 0) is 10.0 Å². The predicted molar refractivity (Wildman–Crippen MR) is 63.9 cm³/mol. The normalized spacial score (nSPS) is 22.4. The topological polar surface area (TPSA) is 68.1 Å². The Kier molecular flexibility index (Phi) is 3.48. The highest BCUT2D eigenvalue weighted by Gasteiger charge is 2.33. The molecule has 0 aromatic carbocycles. The summed E-state index contributed by atoms with van der Waals surface area (Å²) >= 11 is 0. The summed E-state index contributed by atoms with van der Waals surface area (Å²) in [6.45, 7) is 4.89. The van der Waals surface area contributed by atoms with Crippen molar-refractivity contribution < 1.29 is 8.42 Å². The fourth-order valence-corrected chi connectivity index (χ4v) is 3.93. The second-order valence-electron chi connectivity index (χ2n) is 4.82. The van der Waals surface area contributed by atoms with Crippen LogP contribution in [-0.4, -0.2) is 46.6 Å². The zero-order chi connectivity index (χ0) is 12.5. The third-order valence-corrected chi connectivity index (χ3v) is 5.03. The van der Waals surface area contributed by atoms with Gasteiger partial charge in [-0.2, -0.15) is 19.3 Å². The lowest BCUT2D eigenvalue weighted by Gasteiger charge is -2.17. The fourth-order valence-electron chi connectivity index (χ4n) is 2.09. The van der Waals surface area contributed by atoms with Gasteiger partial charge >= 0.3 is 0 Å². The summed E-state index contributed by atoms with van der Waals surface area (Å²) in [7, 11) is -3.12. The molecule has 2 rings (SSSR count). The monoisotopic (exact) mass is 258 g/mol. The molecule has 1 aliphatic heterocycles. The average Bonchev–Trinajstić information content (AvgIpc) is 2.87. The van der Waals surface area contributed by atoms with Crippen LogP contribution < -0.4 is 0 Å². The molecule has 2 heterocycles. The Balaban J connectivity index is 2.03. The van der Waals surface area contributed by atoms with Crippen molar-refractivity contribution in [2.75, 3.05) is 18.8 Å². The highest BCUT2D eigenvalue weighted by molar-refractivity contribution is 7.89. The highest BCUT2D eigenvalue weighted by atomic mass is 32.2. The van der Waals surface area contributed by atoms with Crippen LogP contribution in [0.2, 0.25) is 0 Å². The van der Waals surface area contributed by atoms with Crippen LogP contribution in [0.15, 0.2) is 12.4 Å². The average molecular weight is 258 g/mol. The second kappa shape index (κ2) is 4.73. The molecule has 7 heteroatoms. The minimum absolute atomic E-state index is 0.0759. The highest BCUT2D eigenvalue weighted by Crippen LogP contribution is 2.23. The van der Waals surface area contributed by atoms with Crippen molar-refractivity contribution in [3.05, 3.63) is 12.4 Å². The number of nitrogens with zero attached hydrogens (tertiary/aromatic N) is 4. The first-order valence-electron chi connectivity index (χ1n) is 5.82. The lowest BCUT2D eigenvalue weighted by molar-refractivity contribution is 0.401. The third kappa shape index (κ3) is 2.84. The molecule has 17 heavy (non-hydrogen) atoms. The van der Waals surface area contributed by atoms with E-state index in [0.717, 1.165) is 6.42 Å². The van der Waals surface area contributed by atoms with Gasteiger partial charge in [0.15, 0.2) is 0 Å². The molecule has 6 nitrogen and oxygen atoms in total. The van der Waals surface area contributed by atoms with Crippen LogP contribution >= 0.6 is 0 Å². The van der Waals surface area contributed by atoms with Gasteiger partial charge in [0.25, 0.3) is 0 Å². The lowest BCUT2D eigenvalue weighted by atomic mass is 10.3. The molecule has 1 aliphatic rings. The molecule has 0 amide bonds. The molecule has 1 aromatic heterocycles. The van der Waals surface area contributed by atoms with Gasteiger partial charge in [-0.1, -0.05) is 13.8 Å². The summed E-state index contributed by atoms with van der Waals surface area (Å²) in [6.07, 6.45) is 4.02. The van der Waals surface area contributed by atoms with Gasteiger partial charge in [-0.05, 0) is 12.3 Å². The Morgan fingerprint density at radius 2 is 2.00 bits per heavy atom. The van der Waals surface area contributed by atoms with Crippen molar-refractivity contribution in [3.8, 4) is 0 Å². The van der Waals surface area contributed by atoms with E-state index in [2.05, 4.69) is 10.2 Å². The van der Waals surface area contributed by atoms with Crippen molar-refractivity contribution in [1.82, 2.24) is 19.3 Å². The molecule has 0 spiro atoms. The van der Waals surface area contributed by atoms with Crippen LogP contribution in [0.25, 0.3) is 0 Å². The zero-order valence-electron chi connectivity index (χ0n) is 10.2.